The molecule has 0 saturated carbocycles. The molecule has 8 nitrogen and oxygen atoms in total. The van der Waals surface area contributed by atoms with Gasteiger partial charge in [-0.25, -0.2) is 0 Å². The number of aromatic nitrogens is 2. The summed E-state index contributed by atoms with van der Waals surface area (Å²) in [6.07, 6.45) is 3.72. The predicted octanol–water partition coefficient (Wildman–Crippen LogP) is 8.66. The van der Waals surface area contributed by atoms with Crippen molar-refractivity contribution in [2.45, 2.75) is 61.8 Å². The first-order chi connectivity index (χ1) is 22.2. The molecule has 1 saturated heterocycles. The van der Waals surface area contributed by atoms with E-state index in [-0.39, 0.29) is 22.6 Å². The van der Waals surface area contributed by atoms with Gasteiger partial charge in [-0.2, -0.15) is 0 Å². The molecule has 12 heteroatoms. The van der Waals surface area contributed by atoms with Crippen LogP contribution in [0.5, 0.6) is 11.5 Å². The maximum atomic E-state index is 13.7. The lowest BCUT2D eigenvalue weighted by Crippen LogP contribution is -2.29. The number of benzene rings is 3. The van der Waals surface area contributed by atoms with Crippen LogP contribution in [0.1, 0.15) is 61.4 Å². The highest BCUT2D eigenvalue weighted by Crippen LogP contribution is 2.45. The Morgan fingerprint density at radius 2 is 1.96 bits per heavy atom. The third kappa shape index (κ3) is 6.76. The smallest absolute Gasteiger partial charge is 0.301 e. The molecule has 3 aromatic carbocycles. The third-order valence-electron chi connectivity index (χ3n) is 7.77. The Morgan fingerprint density at radius 3 is 2.76 bits per heavy atom. The highest BCUT2D eigenvalue weighted by molar-refractivity contribution is 8.00. The first kappa shape index (κ1) is 32.4. The van der Waals surface area contributed by atoms with Gasteiger partial charge in [-0.15, -0.1) is 10.2 Å². The largest absolute Gasteiger partial charge is 0.507 e. The molecule has 1 fully saturated rings. The molecule has 0 unspecified atom stereocenters. The van der Waals surface area contributed by atoms with Crippen LogP contribution in [-0.2, 0) is 21.8 Å². The third-order valence-corrected chi connectivity index (χ3v) is 10.5. The van der Waals surface area contributed by atoms with E-state index in [1.165, 1.54) is 28.0 Å². The molecular weight excluding hydrogens is 665 g/mol. The molecule has 238 valence electrons. The number of unbranched alkanes of at least 4 members (excludes halogenated alkanes) is 2. The first-order valence-corrected chi connectivity index (χ1v) is 17.5. The number of nitrogens with zero attached hydrogens (tertiary/aromatic N) is 3. The highest BCUT2D eigenvalue weighted by Gasteiger charge is 2.48. The number of ether oxygens (including phenoxy) is 2. The number of thioether (sulfide) groups is 1. The molecule has 46 heavy (non-hydrogen) atoms. The Kier molecular flexibility index (Phi) is 9.89. The Hall–Kier alpha value is -3.57. The summed E-state index contributed by atoms with van der Waals surface area (Å²) in [5, 5.41) is 21.6. The molecule has 1 aromatic heterocycles. The zero-order valence-electron chi connectivity index (χ0n) is 25.2. The number of fused-ring (bicyclic) bond motifs is 1. The number of carbonyl (C=O) groups excluding carboxylic acids is 2. The minimum absolute atomic E-state index is 0.0122. The molecule has 1 amide bonds. The van der Waals surface area contributed by atoms with Gasteiger partial charge >= 0.3 is 5.91 Å². The molecular formula is C34H31Cl2N3O5S2. The second-order valence-electron chi connectivity index (χ2n) is 11.1. The van der Waals surface area contributed by atoms with Crippen molar-refractivity contribution in [2.24, 2.45) is 0 Å². The number of anilines is 1. The minimum atomic E-state index is -0.959. The molecule has 0 bridgehead atoms. The van der Waals surface area contributed by atoms with E-state index in [2.05, 4.69) is 17.1 Å². The van der Waals surface area contributed by atoms with Crippen LogP contribution in [0.25, 0.3) is 5.76 Å². The molecule has 4 aromatic rings. The molecule has 0 radical (unpaired) electrons. The van der Waals surface area contributed by atoms with Gasteiger partial charge in [-0.3, -0.25) is 14.5 Å². The fraction of sp³-hybridized carbons (Fsp3) is 0.294. The lowest BCUT2D eigenvalue weighted by Gasteiger charge is -2.23. The predicted molar refractivity (Wildman–Crippen MR) is 182 cm³/mol. The van der Waals surface area contributed by atoms with Gasteiger partial charge in [0, 0.05) is 27.8 Å². The van der Waals surface area contributed by atoms with E-state index < -0.39 is 17.7 Å². The van der Waals surface area contributed by atoms with Gasteiger partial charge in [-0.05, 0) is 72.5 Å². The number of Topliss-reactive ketones (excluding diaryl/α,β-unsaturated/α-hetero) is 1. The topological polar surface area (TPSA) is 102 Å². The SMILES string of the molecule is CCCCCOc1cccc([C@H]2C(=C(O)c3ccc4c(c3)C[C@H](C)O4)C(=O)C(=O)N2c2nnc(SCc3ccc(Cl)cc3Cl)s2)c1. The fourth-order valence-electron chi connectivity index (χ4n) is 5.52. The molecule has 6 rings (SSSR count). The van der Waals surface area contributed by atoms with E-state index >= 15 is 0 Å². The maximum Gasteiger partial charge on any atom is 0.301 e. The van der Waals surface area contributed by atoms with Crippen molar-refractivity contribution in [1.82, 2.24) is 10.2 Å². The minimum Gasteiger partial charge on any atom is -0.507 e. The van der Waals surface area contributed by atoms with Crippen molar-refractivity contribution >= 4 is 68.9 Å². The Balaban J connectivity index is 1.37. The number of hydrogen-bond donors (Lipinski definition) is 1. The molecule has 0 aliphatic carbocycles. The summed E-state index contributed by atoms with van der Waals surface area (Å²) in [7, 11) is 0. The van der Waals surface area contributed by atoms with Gasteiger partial charge in [0.05, 0.1) is 18.2 Å². The average Bonchev–Trinajstić information content (AvgIpc) is 3.73. The lowest BCUT2D eigenvalue weighted by molar-refractivity contribution is -0.132. The number of halogens is 2. The van der Waals surface area contributed by atoms with Crippen molar-refractivity contribution in [3.05, 3.63) is 98.5 Å². The van der Waals surface area contributed by atoms with Gasteiger partial charge < -0.3 is 14.6 Å². The second-order valence-corrected chi connectivity index (χ2v) is 14.1. The number of aliphatic hydroxyl groups excluding tert-OH is 1. The molecule has 3 heterocycles. The van der Waals surface area contributed by atoms with E-state index in [1.807, 2.05) is 37.3 Å². The number of ketones is 1. The second kappa shape index (κ2) is 14.0. The van der Waals surface area contributed by atoms with Crippen LogP contribution in [0.15, 0.2) is 70.6 Å². The number of hydrogen-bond acceptors (Lipinski definition) is 9. The van der Waals surface area contributed by atoms with Crippen LogP contribution < -0.4 is 14.4 Å². The van der Waals surface area contributed by atoms with Crippen LogP contribution in [0.3, 0.4) is 0 Å². The first-order valence-electron chi connectivity index (χ1n) is 15.0. The van der Waals surface area contributed by atoms with Gasteiger partial charge in [0.1, 0.15) is 23.4 Å². The summed E-state index contributed by atoms with van der Waals surface area (Å²) < 4.78 is 12.4. The van der Waals surface area contributed by atoms with Crippen molar-refractivity contribution in [1.29, 1.82) is 0 Å². The zero-order chi connectivity index (χ0) is 32.4. The Bertz CT molecular complexity index is 1830. The van der Waals surface area contributed by atoms with Crippen molar-refractivity contribution in [2.75, 3.05) is 11.5 Å². The van der Waals surface area contributed by atoms with E-state index in [0.717, 1.165) is 36.1 Å². The van der Waals surface area contributed by atoms with Crippen LogP contribution in [-0.4, -0.2) is 39.7 Å². The van der Waals surface area contributed by atoms with Gasteiger partial charge in [0.15, 0.2) is 4.34 Å². The quantitative estimate of drug-likeness (QED) is 0.0415. The standard InChI is InChI=1S/C34H31Cl2N3O5S2/c1-3-4-5-13-43-25-8-6-7-20(16-25)29-28(30(40)21-10-12-27-23(15-21)14-19(2)44-27)31(41)32(42)39(29)33-37-38-34(46-33)45-18-22-9-11-24(35)17-26(22)36/h6-12,15-17,19,29,40H,3-5,13-14,18H2,1-2H3/t19-,29-/m0/s1. The van der Waals surface area contributed by atoms with Crippen molar-refractivity contribution in [3.63, 3.8) is 0 Å². The highest BCUT2D eigenvalue weighted by atomic mass is 35.5. The molecule has 0 spiro atoms. The van der Waals surface area contributed by atoms with Crippen LogP contribution in [0.4, 0.5) is 5.13 Å². The summed E-state index contributed by atoms with van der Waals surface area (Å²) in [6.45, 7) is 4.64. The Morgan fingerprint density at radius 1 is 1.11 bits per heavy atom. The number of rotatable bonds is 11. The zero-order valence-corrected chi connectivity index (χ0v) is 28.3. The molecule has 1 N–H and O–H groups in total. The summed E-state index contributed by atoms with van der Waals surface area (Å²) >= 11 is 15.0. The van der Waals surface area contributed by atoms with E-state index in [0.29, 0.717) is 50.0 Å². The van der Waals surface area contributed by atoms with Crippen molar-refractivity contribution in [3.8, 4) is 11.5 Å². The summed E-state index contributed by atoms with van der Waals surface area (Å²) in [4.78, 5) is 28.8. The van der Waals surface area contributed by atoms with E-state index in [1.54, 1.807) is 30.3 Å². The van der Waals surface area contributed by atoms with Crippen LogP contribution in [0.2, 0.25) is 10.0 Å². The monoisotopic (exact) mass is 695 g/mol. The number of carbonyl (C=O) groups is 2. The normalized spacial score (nSPS) is 18.6. The number of amides is 1. The molecule has 2 aliphatic heterocycles. The molecule has 2 aliphatic rings. The van der Waals surface area contributed by atoms with Crippen molar-refractivity contribution < 1.29 is 24.2 Å². The summed E-state index contributed by atoms with van der Waals surface area (Å²) in [6, 6.07) is 16.9. The summed E-state index contributed by atoms with van der Waals surface area (Å²) in [5.41, 5.74) is 2.80. The van der Waals surface area contributed by atoms with Gasteiger partial charge in [-0.1, -0.05) is 84.3 Å². The van der Waals surface area contributed by atoms with Crippen LogP contribution in [0, 0.1) is 0 Å². The van der Waals surface area contributed by atoms with Crippen LogP contribution >= 0.6 is 46.3 Å². The van der Waals surface area contributed by atoms with Gasteiger partial charge in [0.25, 0.3) is 5.78 Å². The van der Waals surface area contributed by atoms with Gasteiger partial charge in [0.2, 0.25) is 5.13 Å². The molecule has 2 atom stereocenters. The Labute approximate surface area is 285 Å². The average molecular weight is 697 g/mol. The fourth-order valence-corrected chi connectivity index (χ4v) is 7.95. The summed E-state index contributed by atoms with van der Waals surface area (Å²) in [5.74, 6) is -0.0140. The maximum absolute atomic E-state index is 13.7. The van der Waals surface area contributed by atoms with E-state index in [9.17, 15) is 14.7 Å². The number of aliphatic hydroxyl groups is 1. The lowest BCUT2D eigenvalue weighted by atomic mass is 9.94. The van der Waals surface area contributed by atoms with E-state index in [4.69, 9.17) is 32.7 Å².